The molecule has 0 saturated heterocycles. The van der Waals surface area contributed by atoms with E-state index >= 15 is 0 Å². The van der Waals surface area contributed by atoms with Gasteiger partial charge in [-0.3, -0.25) is 9.78 Å². The van der Waals surface area contributed by atoms with E-state index in [1.165, 1.54) is 19.3 Å². The van der Waals surface area contributed by atoms with Gasteiger partial charge in [-0.2, -0.15) is 0 Å². The maximum Gasteiger partial charge on any atom is 0.224 e. The molecule has 1 spiro atoms. The lowest BCUT2D eigenvalue weighted by Gasteiger charge is -2.62. The molecule has 2 saturated carbocycles. The Morgan fingerprint density at radius 1 is 1.42 bits per heavy atom. The fourth-order valence-electron chi connectivity index (χ4n) is 4.39. The van der Waals surface area contributed by atoms with Gasteiger partial charge in [0.25, 0.3) is 0 Å². The molecular formula is C18H24N4O2. The number of H-pyrrole nitrogens is 1. The second kappa shape index (κ2) is 6.18. The van der Waals surface area contributed by atoms with Crippen molar-refractivity contribution in [2.75, 3.05) is 13.2 Å². The average Bonchev–Trinajstić information content (AvgIpc) is 2.92. The van der Waals surface area contributed by atoms with E-state index < -0.39 is 0 Å². The average molecular weight is 328 g/mol. The third-order valence-electron chi connectivity index (χ3n) is 5.90. The summed E-state index contributed by atoms with van der Waals surface area (Å²) in [4.78, 5) is 19.8. The second-order valence-electron chi connectivity index (χ2n) is 7.08. The number of amides is 1. The summed E-state index contributed by atoms with van der Waals surface area (Å²) in [6.45, 7) is 0.801. The van der Waals surface area contributed by atoms with Gasteiger partial charge in [-0.25, -0.2) is 0 Å². The molecule has 2 unspecified atom stereocenters. The van der Waals surface area contributed by atoms with Gasteiger partial charge < -0.3 is 20.7 Å². The van der Waals surface area contributed by atoms with Crippen LogP contribution in [0.2, 0.25) is 0 Å². The van der Waals surface area contributed by atoms with Crippen molar-refractivity contribution in [1.82, 2.24) is 20.6 Å². The van der Waals surface area contributed by atoms with Gasteiger partial charge in [0, 0.05) is 41.8 Å². The minimum Gasteiger partial charge on any atom is -0.395 e. The number of hydrogen-bond donors (Lipinski definition) is 4. The van der Waals surface area contributed by atoms with Crippen molar-refractivity contribution < 1.29 is 9.90 Å². The van der Waals surface area contributed by atoms with Gasteiger partial charge in [-0.1, -0.05) is 6.42 Å². The lowest BCUT2D eigenvalue weighted by molar-refractivity contribution is -0.128. The summed E-state index contributed by atoms with van der Waals surface area (Å²) < 4.78 is 0. The summed E-state index contributed by atoms with van der Waals surface area (Å²) in [5.41, 5.74) is 2.20. The van der Waals surface area contributed by atoms with Crippen LogP contribution in [0.4, 0.5) is 0 Å². The molecule has 2 aromatic rings. The zero-order valence-electron chi connectivity index (χ0n) is 13.7. The summed E-state index contributed by atoms with van der Waals surface area (Å²) in [5.74, 6) is 0.0876. The molecule has 6 nitrogen and oxygen atoms in total. The lowest BCUT2D eigenvalue weighted by atomic mass is 9.50. The lowest BCUT2D eigenvalue weighted by Crippen LogP contribution is -2.71. The molecule has 2 atom stereocenters. The SMILES string of the molecule is O=C(Cc1c[nH]c2cnccc12)NC1CC(NCCO)C12CCC2. The molecule has 4 N–H and O–H groups in total. The molecule has 128 valence electrons. The molecule has 2 aliphatic rings. The van der Waals surface area contributed by atoms with Gasteiger partial charge in [0.2, 0.25) is 5.91 Å². The normalized spacial score (nSPS) is 24.5. The number of aromatic amines is 1. The van der Waals surface area contributed by atoms with Crippen LogP contribution in [0.25, 0.3) is 10.9 Å². The molecule has 0 bridgehead atoms. The molecule has 2 aliphatic carbocycles. The third-order valence-corrected chi connectivity index (χ3v) is 5.90. The van der Waals surface area contributed by atoms with Crippen molar-refractivity contribution in [1.29, 1.82) is 0 Å². The number of rotatable bonds is 6. The van der Waals surface area contributed by atoms with E-state index in [0.29, 0.717) is 19.0 Å². The molecule has 4 rings (SSSR count). The number of carbonyl (C=O) groups is 1. The summed E-state index contributed by atoms with van der Waals surface area (Å²) in [5, 5.41) is 16.7. The molecule has 2 heterocycles. The van der Waals surface area contributed by atoms with E-state index in [2.05, 4.69) is 20.6 Å². The number of aromatic nitrogens is 2. The Kier molecular flexibility index (Phi) is 4.02. The number of aliphatic hydroxyl groups is 1. The van der Waals surface area contributed by atoms with E-state index in [1.807, 2.05) is 12.3 Å². The van der Waals surface area contributed by atoms with E-state index in [9.17, 15) is 4.79 Å². The minimum atomic E-state index is 0.0876. The van der Waals surface area contributed by atoms with Crippen LogP contribution < -0.4 is 10.6 Å². The van der Waals surface area contributed by atoms with Gasteiger partial charge in [-0.15, -0.1) is 0 Å². The Hall–Kier alpha value is -1.92. The van der Waals surface area contributed by atoms with E-state index in [-0.39, 0.29) is 24.0 Å². The van der Waals surface area contributed by atoms with Crippen LogP contribution in [0.1, 0.15) is 31.2 Å². The second-order valence-corrected chi connectivity index (χ2v) is 7.08. The molecular weight excluding hydrogens is 304 g/mol. The van der Waals surface area contributed by atoms with E-state index in [0.717, 1.165) is 22.9 Å². The first kappa shape index (κ1) is 15.6. The van der Waals surface area contributed by atoms with E-state index in [4.69, 9.17) is 5.11 Å². The fourth-order valence-corrected chi connectivity index (χ4v) is 4.39. The molecule has 0 aromatic carbocycles. The van der Waals surface area contributed by atoms with Gasteiger partial charge >= 0.3 is 0 Å². The van der Waals surface area contributed by atoms with Crippen LogP contribution in [-0.2, 0) is 11.2 Å². The van der Waals surface area contributed by atoms with Gasteiger partial charge in [0.05, 0.1) is 24.7 Å². The smallest absolute Gasteiger partial charge is 0.224 e. The highest BCUT2D eigenvalue weighted by molar-refractivity contribution is 5.88. The topological polar surface area (TPSA) is 90.0 Å². The molecule has 24 heavy (non-hydrogen) atoms. The van der Waals surface area contributed by atoms with Crippen LogP contribution in [0.3, 0.4) is 0 Å². The first-order valence-electron chi connectivity index (χ1n) is 8.76. The molecule has 0 radical (unpaired) electrons. The number of nitrogens with zero attached hydrogens (tertiary/aromatic N) is 1. The van der Waals surface area contributed by atoms with Crippen molar-refractivity contribution in [2.24, 2.45) is 5.41 Å². The van der Waals surface area contributed by atoms with Crippen molar-refractivity contribution in [3.63, 3.8) is 0 Å². The number of aliphatic hydroxyl groups excluding tert-OH is 1. The molecule has 6 heteroatoms. The molecule has 2 aromatic heterocycles. The highest BCUT2D eigenvalue weighted by atomic mass is 16.3. The monoisotopic (exact) mass is 328 g/mol. The summed E-state index contributed by atoms with van der Waals surface area (Å²) in [6.07, 6.45) is 10.4. The number of pyridine rings is 1. The van der Waals surface area contributed by atoms with Crippen molar-refractivity contribution in [2.45, 2.75) is 44.2 Å². The fraction of sp³-hybridized carbons (Fsp3) is 0.556. The summed E-state index contributed by atoms with van der Waals surface area (Å²) >= 11 is 0. The summed E-state index contributed by atoms with van der Waals surface area (Å²) in [6, 6.07) is 2.64. The van der Waals surface area contributed by atoms with Crippen LogP contribution in [0, 0.1) is 5.41 Å². The minimum absolute atomic E-state index is 0.0876. The van der Waals surface area contributed by atoms with Crippen LogP contribution in [-0.4, -0.2) is 46.2 Å². The Balaban J connectivity index is 1.38. The number of carbonyl (C=O) groups excluding carboxylic acids is 1. The van der Waals surface area contributed by atoms with Crippen molar-refractivity contribution in [3.05, 3.63) is 30.2 Å². The Morgan fingerprint density at radius 3 is 3.04 bits per heavy atom. The van der Waals surface area contributed by atoms with E-state index in [1.54, 1.807) is 12.4 Å². The zero-order valence-corrected chi connectivity index (χ0v) is 13.7. The highest BCUT2D eigenvalue weighted by Crippen LogP contribution is 2.55. The molecule has 0 aliphatic heterocycles. The number of fused-ring (bicyclic) bond motifs is 1. The zero-order chi connectivity index (χ0) is 16.6. The highest BCUT2D eigenvalue weighted by Gasteiger charge is 2.58. The first-order chi connectivity index (χ1) is 11.7. The van der Waals surface area contributed by atoms with Gasteiger partial charge in [-0.05, 0) is 30.9 Å². The van der Waals surface area contributed by atoms with Gasteiger partial charge in [0.15, 0.2) is 0 Å². The van der Waals surface area contributed by atoms with Gasteiger partial charge in [0.1, 0.15) is 0 Å². The largest absolute Gasteiger partial charge is 0.395 e. The molecule has 2 fully saturated rings. The third kappa shape index (κ3) is 2.50. The van der Waals surface area contributed by atoms with Crippen LogP contribution in [0.5, 0.6) is 0 Å². The number of nitrogens with one attached hydrogen (secondary N) is 3. The quantitative estimate of drug-likeness (QED) is 0.639. The Morgan fingerprint density at radius 2 is 2.29 bits per heavy atom. The maximum atomic E-state index is 12.5. The van der Waals surface area contributed by atoms with Crippen molar-refractivity contribution in [3.8, 4) is 0 Å². The standard InChI is InChI=1S/C18H24N4O2/c23-7-6-20-15-9-16(18(15)3-1-4-18)22-17(24)8-12-10-21-14-11-19-5-2-13(12)14/h2,5,10-11,15-16,20-21,23H,1,3-4,6-9H2,(H,22,24). The number of hydrogen-bond acceptors (Lipinski definition) is 4. The predicted octanol–water partition coefficient (Wildman–Crippen LogP) is 1.11. The Bertz CT molecular complexity index is 737. The van der Waals surface area contributed by atoms with Crippen LogP contribution >= 0.6 is 0 Å². The van der Waals surface area contributed by atoms with Crippen molar-refractivity contribution >= 4 is 16.8 Å². The predicted molar refractivity (Wildman–Crippen MR) is 91.5 cm³/mol. The molecule has 1 amide bonds. The first-order valence-corrected chi connectivity index (χ1v) is 8.76. The summed E-state index contributed by atoms with van der Waals surface area (Å²) in [7, 11) is 0. The maximum absolute atomic E-state index is 12.5. The van der Waals surface area contributed by atoms with Crippen LogP contribution in [0.15, 0.2) is 24.7 Å². The Labute approximate surface area is 141 Å².